The van der Waals surface area contributed by atoms with Gasteiger partial charge in [0.25, 0.3) is 0 Å². The van der Waals surface area contributed by atoms with Gasteiger partial charge in [-0.15, -0.1) is 0 Å². The van der Waals surface area contributed by atoms with Gasteiger partial charge < -0.3 is 25.0 Å². The average Bonchev–Trinajstić information content (AvgIpc) is 2.73. The van der Waals surface area contributed by atoms with Gasteiger partial charge in [-0.1, -0.05) is 13.8 Å². The molecule has 2 aliphatic rings. The Labute approximate surface area is 179 Å². The van der Waals surface area contributed by atoms with E-state index in [-0.39, 0.29) is 25.4 Å². The Kier molecular flexibility index (Phi) is 7.38. The highest BCUT2D eigenvalue weighted by molar-refractivity contribution is 7.89. The van der Waals surface area contributed by atoms with Gasteiger partial charge in [0.2, 0.25) is 21.9 Å². The fourth-order valence-corrected chi connectivity index (χ4v) is 4.37. The molecule has 0 spiro atoms. The summed E-state index contributed by atoms with van der Waals surface area (Å²) in [5.41, 5.74) is 0.409. The van der Waals surface area contributed by atoms with E-state index in [1.165, 1.54) is 0 Å². The fourth-order valence-electron chi connectivity index (χ4n) is 3.25. The lowest BCUT2D eigenvalue weighted by molar-refractivity contribution is 0.163. The molecule has 1 saturated heterocycles. The van der Waals surface area contributed by atoms with Crippen LogP contribution in [0.3, 0.4) is 0 Å². The van der Waals surface area contributed by atoms with E-state index in [1.807, 2.05) is 0 Å². The highest BCUT2D eigenvalue weighted by Gasteiger charge is 2.24. The van der Waals surface area contributed by atoms with Gasteiger partial charge in [0.1, 0.15) is 5.82 Å². The van der Waals surface area contributed by atoms with Crippen LogP contribution in [0.15, 0.2) is 0 Å². The second kappa shape index (κ2) is 9.63. The summed E-state index contributed by atoms with van der Waals surface area (Å²) in [6, 6.07) is 0. The van der Waals surface area contributed by atoms with Crippen LogP contribution in [0.2, 0.25) is 0 Å². The van der Waals surface area contributed by atoms with E-state index in [0.29, 0.717) is 24.3 Å². The molecule has 10 nitrogen and oxygen atoms in total. The molecule has 2 aliphatic heterocycles. The van der Waals surface area contributed by atoms with Crippen molar-refractivity contribution >= 4 is 21.8 Å². The van der Waals surface area contributed by atoms with Gasteiger partial charge >= 0.3 is 0 Å². The van der Waals surface area contributed by atoms with Crippen LogP contribution < -0.4 is 19.7 Å². The zero-order valence-corrected chi connectivity index (χ0v) is 19.0. The molecule has 170 valence electrons. The first-order valence-electron chi connectivity index (χ1n) is 10.5. The molecule has 3 heterocycles. The number of aromatic nitrogens is 2. The number of likely N-dealkylation sites (N-methyl/N-ethyl adjacent to an activating group) is 1. The van der Waals surface area contributed by atoms with Crippen molar-refractivity contribution in [2.75, 3.05) is 75.5 Å². The highest BCUT2D eigenvalue weighted by atomic mass is 32.2. The van der Waals surface area contributed by atoms with E-state index in [0.717, 1.165) is 44.6 Å². The summed E-state index contributed by atoms with van der Waals surface area (Å²) >= 11 is 0. The Morgan fingerprint density at radius 1 is 1.20 bits per heavy atom. The largest absolute Gasteiger partial charge is 0.477 e. The predicted octanol–water partition coefficient (Wildman–Crippen LogP) is -0.0968. The number of nitrogens with zero attached hydrogens (tertiary/aromatic N) is 4. The number of fused-ring (bicyclic) bond motifs is 1. The highest BCUT2D eigenvalue weighted by Crippen LogP contribution is 2.30. The molecule has 3 N–H and O–H groups in total. The zero-order chi connectivity index (χ0) is 21.8. The van der Waals surface area contributed by atoms with Crippen LogP contribution in [0.5, 0.6) is 5.88 Å². The first kappa shape index (κ1) is 23.0. The number of ether oxygens (including phenoxy) is 1. The van der Waals surface area contributed by atoms with Gasteiger partial charge in [-0.2, -0.15) is 9.97 Å². The number of aliphatic hydroxyl groups is 1. The normalized spacial score (nSPS) is 18.1. The van der Waals surface area contributed by atoms with Crippen LogP contribution in [0.25, 0.3) is 0 Å². The predicted molar refractivity (Wildman–Crippen MR) is 117 cm³/mol. The van der Waals surface area contributed by atoms with Crippen LogP contribution >= 0.6 is 0 Å². The van der Waals surface area contributed by atoms with Crippen molar-refractivity contribution in [3.8, 4) is 5.88 Å². The molecule has 0 aliphatic carbocycles. The number of hydrogen-bond donors (Lipinski definition) is 3. The van der Waals surface area contributed by atoms with Gasteiger partial charge in [0.05, 0.1) is 17.9 Å². The third kappa shape index (κ3) is 6.16. The molecule has 0 atom stereocenters. The van der Waals surface area contributed by atoms with Gasteiger partial charge in [-0.3, -0.25) is 0 Å². The molecule has 0 unspecified atom stereocenters. The molecule has 0 aromatic carbocycles. The molecule has 1 aromatic heterocycles. The lowest BCUT2D eigenvalue weighted by Gasteiger charge is -2.33. The van der Waals surface area contributed by atoms with Crippen LogP contribution in [0, 0.1) is 5.41 Å². The summed E-state index contributed by atoms with van der Waals surface area (Å²) < 4.78 is 33.0. The second-order valence-electron chi connectivity index (χ2n) is 8.79. The Bertz CT molecular complexity index is 825. The van der Waals surface area contributed by atoms with Crippen LogP contribution in [-0.4, -0.2) is 93.7 Å². The minimum Gasteiger partial charge on any atom is -0.477 e. The Morgan fingerprint density at radius 2 is 1.93 bits per heavy atom. The first-order valence-corrected chi connectivity index (χ1v) is 12.1. The standard InChI is InChI=1S/C19H34N6O4S/c1-19(2,14-26)13-21-30(27,28)12-6-20-16-15-5-4-11-29-17(15)23-18(22-16)25-9-7-24(3)8-10-25/h21,26H,4-14H2,1-3H3,(H,20,22,23). The molecule has 30 heavy (non-hydrogen) atoms. The summed E-state index contributed by atoms with van der Waals surface area (Å²) in [5.74, 6) is 1.78. The first-order chi connectivity index (χ1) is 14.2. The summed E-state index contributed by atoms with van der Waals surface area (Å²) in [4.78, 5) is 13.7. The Morgan fingerprint density at radius 3 is 2.63 bits per heavy atom. The minimum absolute atomic E-state index is 0.0853. The van der Waals surface area contributed by atoms with Gasteiger partial charge in [0.15, 0.2) is 0 Å². The van der Waals surface area contributed by atoms with Crippen molar-refractivity contribution in [1.82, 2.24) is 19.6 Å². The maximum Gasteiger partial charge on any atom is 0.230 e. The lowest BCUT2D eigenvalue weighted by Crippen LogP contribution is -2.45. The Balaban J connectivity index is 1.66. The Hall–Kier alpha value is -1.69. The van der Waals surface area contributed by atoms with E-state index in [1.54, 1.807) is 13.8 Å². The summed E-state index contributed by atoms with van der Waals surface area (Å²) in [6.45, 7) is 8.14. The molecule has 3 rings (SSSR count). The third-order valence-electron chi connectivity index (χ3n) is 5.42. The number of hydrogen-bond acceptors (Lipinski definition) is 9. The van der Waals surface area contributed by atoms with Crippen molar-refractivity contribution in [2.45, 2.75) is 26.7 Å². The smallest absolute Gasteiger partial charge is 0.230 e. The molecule has 1 fully saturated rings. The number of sulfonamides is 1. The van der Waals surface area contributed by atoms with E-state index in [9.17, 15) is 13.5 Å². The van der Waals surface area contributed by atoms with Crippen molar-refractivity contribution < 1.29 is 18.3 Å². The van der Waals surface area contributed by atoms with Crippen molar-refractivity contribution in [2.24, 2.45) is 5.41 Å². The molecule has 0 radical (unpaired) electrons. The second-order valence-corrected chi connectivity index (χ2v) is 10.7. The van der Waals surface area contributed by atoms with E-state index in [2.05, 4.69) is 31.9 Å². The molecule has 0 bridgehead atoms. The van der Waals surface area contributed by atoms with Crippen molar-refractivity contribution in [1.29, 1.82) is 0 Å². The topological polar surface area (TPSA) is 120 Å². The zero-order valence-electron chi connectivity index (χ0n) is 18.1. The van der Waals surface area contributed by atoms with Crippen LogP contribution in [0.4, 0.5) is 11.8 Å². The lowest BCUT2D eigenvalue weighted by atomic mass is 9.96. The van der Waals surface area contributed by atoms with Gasteiger partial charge in [-0.05, 0) is 19.9 Å². The molecule has 0 amide bonds. The number of aliphatic hydroxyl groups excluding tert-OH is 1. The summed E-state index contributed by atoms with van der Waals surface area (Å²) in [5, 5.41) is 12.5. The van der Waals surface area contributed by atoms with Crippen molar-refractivity contribution in [3.63, 3.8) is 0 Å². The molecular weight excluding hydrogens is 408 g/mol. The third-order valence-corrected chi connectivity index (χ3v) is 6.74. The molecule has 0 saturated carbocycles. The van der Waals surface area contributed by atoms with Crippen LogP contribution in [-0.2, 0) is 16.4 Å². The summed E-state index contributed by atoms with van der Waals surface area (Å²) in [7, 11) is -1.37. The van der Waals surface area contributed by atoms with Crippen molar-refractivity contribution in [3.05, 3.63) is 5.56 Å². The van der Waals surface area contributed by atoms with E-state index < -0.39 is 15.4 Å². The SMILES string of the molecule is CN1CCN(c2nc(NCCS(=O)(=O)NCC(C)(C)CO)c3c(n2)OCCC3)CC1. The average molecular weight is 443 g/mol. The summed E-state index contributed by atoms with van der Waals surface area (Å²) in [6.07, 6.45) is 1.69. The van der Waals surface area contributed by atoms with Crippen LogP contribution in [0.1, 0.15) is 25.8 Å². The number of piperazine rings is 1. The van der Waals surface area contributed by atoms with Gasteiger partial charge in [-0.25, -0.2) is 13.1 Å². The number of rotatable bonds is 9. The quantitative estimate of drug-likeness (QED) is 0.482. The molecular formula is C19H34N6O4S. The number of nitrogens with one attached hydrogen (secondary N) is 2. The monoisotopic (exact) mass is 442 g/mol. The maximum absolute atomic E-state index is 12.3. The molecule has 11 heteroatoms. The van der Waals surface area contributed by atoms with E-state index in [4.69, 9.17) is 9.72 Å². The maximum atomic E-state index is 12.3. The minimum atomic E-state index is -3.47. The van der Waals surface area contributed by atoms with E-state index >= 15 is 0 Å². The number of anilines is 2. The van der Waals surface area contributed by atoms with Gasteiger partial charge in [0, 0.05) is 51.3 Å². The molecule has 1 aromatic rings. The fraction of sp³-hybridized carbons (Fsp3) is 0.789.